The molecule has 2 bridgehead atoms. The second kappa shape index (κ2) is 4.02. The van der Waals surface area contributed by atoms with Crippen LogP contribution in [-0.2, 0) is 16.7 Å². The number of hydrogen-bond acceptors (Lipinski definition) is 4. The van der Waals surface area contributed by atoms with Crippen LogP contribution < -0.4 is 9.47 Å². The van der Waals surface area contributed by atoms with E-state index in [-0.39, 0.29) is 11.5 Å². The predicted molar refractivity (Wildman–Crippen MR) is 77.6 cm³/mol. The van der Waals surface area contributed by atoms with E-state index in [0.717, 1.165) is 31.0 Å². The second-order valence-corrected chi connectivity index (χ2v) is 6.51. The van der Waals surface area contributed by atoms with Crippen molar-refractivity contribution in [2.24, 2.45) is 0 Å². The Morgan fingerprint density at radius 1 is 1.29 bits per heavy atom. The van der Waals surface area contributed by atoms with Gasteiger partial charge in [-0.3, -0.25) is 4.90 Å². The molecular weight excluding hydrogens is 266 g/mol. The molecule has 0 N–H and O–H groups in total. The van der Waals surface area contributed by atoms with Gasteiger partial charge in [-0.25, -0.2) is 0 Å². The highest BCUT2D eigenvalue weighted by molar-refractivity contribution is 5.55. The van der Waals surface area contributed by atoms with Crippen molar-refractivity contribution in [3.63, 3.8) is 0 Å². The van der Waals surface area contributed by atoms with Crippen molar-refractivity contribution in [1.82, 2.24) is 4.90 Å². The van der Waals surface area contributed by atoms with Crippen LogP contribution in [-0.4, -0.2) is 37.5 Å². The van der Waals surface area contributed by atoms with Crippen LogP contribution in [0, 0.1) is 0 Å². The first-order valence-corrected chi connectivity index (χ1v) is 7.69. The van der Waals surface area contributed by atoms with Crippen LogP contribution in [0.2, 0.25) is 0 Å². The normalized spacial score (nSPS) is 38.2. The Balaban J connectivity index is 1.69. The number of nitrogens with zero attached hydrogens (tertiary/aromatic N) is 1. The molecule has 1 fully saturated rings. The Morgan fingerprint density at radius 2 is 2.14 bits per heavy atom. The summed E-state index contributed by atoms with van der Waals surface area (Å²) in [6.07, 6.45) is 7.17. The SMILES string of the molecule is CO[C@H]1C=C[C@@]23CCN(Cc4cc5c(cc42)OCO5)[C@@H]3C1. The molecule has 0 spiro atoms. The molecule has 0 aromatic heterocycles. The molecule has 1 unspecified atom stereocenters. The average Bonchev–Trinajstić information content (AvgIpc) is 3.07. The molecule has 4 atom stereocenters. The van der Waals surface area contributed by atoms with Gasteiger partial charge in [0, 0.05) is 31.7 Å². The van der Waals surface area contributed by atoms with E-state index < -0.39 is 0 Å². The molecule has 21 heavy (non-hydrogen) atoms. The highest BCUT2D eigenvalue weighted by Crippen LogP contribution is 2.53. The third-order valence-corrected chi connectivity index (χ3v) is 5.69. The fraction of sp³-hybridized carbons (Fsp3) is 0.529. The number of methoxy groups -OCH3 is 1. The Morgan fingerprint density at radius 3 is 3.00 bits per heavy atom. The Kier molecular flexibility index (Phi) is 2.31. The van der Waals surface area contributed by atoms with E-state index in [9.17, 15) is 0 Å². The average molecular weight is 285 g/mol. The van der Waals surface area contributed by atoms with Crippen molar-refractivity contribution in [1.29, 1.82) is 0 Å². The van der Waals surface area contributed by atoms with Crippen molar-refractivity contribution < 1.29 is 14.2 Å². The van der Waals surface area contributed by atoms with Gasteiger partial charge >= 0.3 is 0 Å². The monoisotopic (exact) mass is 285 g/mol. The topological polar surface area (TPSA) is 30.9 Å². The highest BCUT2D eigenvalue weighted by atomic mass is 16.7. The fourth-order valence-electron chi connectivity index (χ4n) is 4.64. The lowest BCUT2D eigenvalue weighted by molar-refractivity contribution is 0.0750. The van der Waals surface area contributed by atoms with Crippen molar-refractivity contribution >= 4 is 0 Å². The summed E-state index contributed by atoms with van der Waals surface area (Å²) in [5, 5.41) is 0. The van der Waals surface area contributed by atoms with Crippen molar-refractivity contribution in [3.8, 4) is 11.5 Å². The van der Waals surface area contributed by atoms with E-state index in [1.54, 1.807) is 7.11 Å². The smallest absolute Gasteiger partial charge is 0.231 e. The minimum absolute atomic E-state index is 0.142. The molecule has 3 heterocycles. The fourth-order valence-corrected chi connectivity index (χ4v) is 4.64. The van der Waals surface area contributed by atoms with Crippen molar-refractivity contribution in [2.75, 3.05) is 20.4 Å². The van der Waals surface area contributed by atoms with E-state index in [1.165, 1.54) is 17.5 Å². The van der Waals surface area contributed by atoms with Gasteiger partial charge in [0.1, 0.15) is 0 Å². The first-order valence-electron chi connectivity index (χ1n) is 7.69. The van der Waals surface area contributed by atoms with Crippen molar-refractivity contribution in [3.05, 3.63) is 35.4 Å². The number of rotatable bonds is 1. The number of hydrogen-bond donors (Lipinski definition) is 0. The minimum Gasteiger partial charge on any atom is -0.454 e. The predicted octanol–water partition coefficient (Wildman–Crippen LogP) is 2.22. The van der Waals surface area contributed by atoms with E-state index in [0.29, 0.717) is 12.8 Å². The zero-order chi connectivity index (χ0) is 14.0. The van der Waals surface area contributed by atoms with Gasteiger partial charge in [-0.05, 0) is 36.1 Å². The summed E-state index contributed by atoms with van der Waals surface area (Å²) in [5.41, 5.74) is 2.98. The van der Waals surface area contributed by atoms with Gasteiger partial charge in [-0.2, -0.15) is 0 Å². The third-order valence-electron chi connectivity index (χ3n) is 5.69. The molecule has 4 aliphatic rings. The number of ether oxygens (including phenoxy) is 3. The zero-order valence-electron chi connectivity index (χ0n) is 12.2. The molecule has 1 saturated heterocycles. The first kappa shape index (κ1) is 12.1. The summed E-state index contributed by atoms with van der Waals surface area (Å²) in [6.45, 7) is 2.52. The van der Waals surface area contributed by atoms with Crippen LogP contribution in [0.4, 0.5) is 0 Å². The van der Waals surface area contributed by atoms with Crippen LogP contribution >= 0.6 is 0 Å². The lowest BCUT2D eigenvalue weighted by atomic mass is 9.66. The molecule has 1 aromatic rings. The molecule has 4 nitrogen and oxygen atoms in total. The largest absolute Gasteiger partial charge is 0.454 e. The molecule has 0 saturated carbocycles. The summed E-state index contributed by atoms with van der Waals surface area (Å²) >= 11 is 0. The second-order valence-electron chi connectivity index (χ2n) is 6.51. The van der Waals surface area contributed by atoms with Gasteiger partial charge in [0.05, 0.1) is 6.10 Å². The van der Waals surface area contributed by atoms with Crippen molar-refractivity contribution in [2.45, 2.75) is 36.9 Å². The number of fused-ring (bicyclic) bond motifs is 2. The molecule has 5 rings (SSSR count). The molecule has 0 radical (unpaired) electrons. The van der Waals surface area contributed by atoms with Gasteiger partial charge in [0.2, 0.25) is 6.79 Å². The van der Waals surface area contributed by atoms with Crippen LogP contribution in [0.1, 0.15) is 24.0 Å². The molecule has 1 aromatic carbocycles. The molecule has 110 valence electrons. The Hall–Kier alpha value is -1.52. The van der Waals surface area contributed by atoms with E-state index in [1.807, 2.05) is 0 Å². The van der Waals surface area contributed by atoms with E-state index in [2.05, 4.69) is 29.2 Å². The zero-order valence-corrected chi connectivity index (χ0v) is 12.2. The Labute approximate surface area is 124 Å². The highest BCUT2D eigenvalue weighted by Gasteiger charge is 2.53. The maximum Gasteiger partial charge on any atom is 0.231 e. The summed E-state index contributed by atoms with van der Waals surface area (Å²) in [5.74, 6) is 1.81. The number of benzene rings is 1. The van der Waals surface area contributed by atoms with E-state index in [4.69, 9.17) is 14.2 Å². The van der Waals surface area contributed by atoms with Gasteiger partial charge in [-0.1, -0.05) is 12.2 Å². The van der Waals surface area contributed by atoms with Crippen LogP contribution in [0.25, 0.3) is 0 Å². The summed E-state index contributed by atoms with van der Waals surface area (Å²) in [4.78, 5) is 2.61. The van der Waals surface area contributed by atoms with Gasteiger partial charge in [0.15, 0.2) is 11.5 Å². The van der Waals surface area contributed by atoms with Crippen LogP contribution in [0.15, 0.2) is 24.3 Å². The lowest BCUT2D eigenvalue weighted by Crippen LogP contribution is -2.49. The maximum atomic E-state index is 5.61. The molecule has 1 aliphatic carbocycles. The quantitative estimate of drug-likeness (QED) is 0.740. The molecule has 3 aliphatic heterocycles. The molecule has 4 heteroatoms. The maximum absolute atomic E-state index is 5.61. The minimum atomic E-state index is 0.142. The third kappa shape index (κ3) is 1.47. The standard InChI is InChI=1S/C17H19NO3/c1-19-12-2-3-17-4-5-18(16(17)7-12)9-11-6-14-15(8-13(11)17)21-10-20-14/h2-3,6,8,12,16H,4-5,7,9-10H2,1H3/t12-,16+,17+/m0/s1. The van der Waals surface area contributed by atoms with Gasteiger partial charge in [0.25, 0.3) is 0 Å². The Bertz CT molecular complexity index is 641. The van der Waals surface area contributed by atoms with E-state index >= 15 is 0 Å². The first-order chi connectivity index (χ1) is 10.3. The summed E-state index contributed by atoms with van der Waals surface area (Å²) < 4.78 is 16.7. The lowest BCUT2D eigenvalue weighted by Gasteiger charge is -2.45. The van der Waals surface area contributed by atoms with Crippen LogP contribution in [0.3, 0.4) is 0 Å². The summed E-state index contributed by atoms with van der Waals surface area (Å²) in [7, 11) is 1.80. The van der Waals surface area contributed by atoms with Gasteiger partial charge < -0.3 is 14.2 Å². The van der Waals surface area contributed by atoms with Gasteiger partial charge in [-0.15, -0.1) is 0 Å². The summed E-state index contributed by atoms with van der Waals surface area (Å²) in [6, 6.07) is 4.97. The van der Waals surface area contributed by atoms with Crippen LogP contribution in [0.5, 0.6) is 11.5 Å². The molecule has 0 amide bonds. The molecular formula is C17H19NO3.